The van der Waals surface area contributed by atoms with Crippen LogP contribution < -0.4 is 5.32 Å². The lowest BCUT2D eigenvalue weighted by atomic mass is 9.92. The molecule has 200 valence electrons. The van der Waals surface area contributed by atoms with Gasteiger partial charge in [-0.3, -0.25) is 9.80 Å². The van der Waals surface area contributed by atoms with Gasteiger partial charge in [0, 0.05) is 30.5 Å². The van der Waals surface area contributed by atoms with Crippen LogP contribution in [0.2, 0.25) is 0 Å². The fourth-order valence-corrected chi connectivity index (χ4v) is 4.40. The van der Waals surface area contributed by atoms with Gasteiger partial charge in [0.1, 0.15) is 0 Å². The molecule has 0 aromatic heterocycles. The summed E-state index contributed by atoms with van der Waals surface area (Å²) in [7, 11) is 2.29. The molecule has 0 fully saturated rings. The monoisotopic (exact) mass is 493 g/mol. The molecule has 0 saturated carbocycles. The summed E-state index contributed by atoms with van der Waals surface area (Å²) in [5.41, 5.74) is 6.37. The van der Waals surface area contributed by atoms with E-state index in [1.807, 2.05) is 27.7 Å². The zero-order valence-corrected chi connectivity index (χ0v) is 25.0. The van der Waals surface area contributed by atoms with Crippen molar-refractivity contribution in [2.45, 2.75) is 107 Å². The van der Waals surface area contributed by atoms with E-state index in [0.29, 0.717) is 12.0 Å². The van der Waals surface area contributed by atoms with Crippen molar-refractivity contribution in [2.75, 3.05) is 13.6 Å². The summed E-state index contributed by atoms with van der Waals surface area (Å²) in [5.74, 6) is 1.48. The van der Waals surface area contributed by atoms with Crippen molar-refractivity contribution in [3.63, 3.8) is 0 Å². The predicted octanol–water partition coefficient (Wildman–Crippen LogP) is 8.62. The Morgan fingerprint density at radius 1 is 0.889 bits per heavy atom. The molecule has 36 heavy (non-hydrogen) atoms. The molecule has 2 aromatic carbocycles. The third-order valence-corrected chi connectivity index (χ3v) is 7.28. The number of amidine groups is 1. The summed E-state index contributed by atoms with van der Waals surface area (Å²) in [6, 6.07) is 18.0. The number of aryl methyl sites for hydroxylation is 1. The number of rotatable bonds is 5. The van der Waals surface area contributed by atoms with Crippen LogP contribution in [0.1, 0.15) is 116 Å². The Labute approximate surface area is 222 Å². The van der Waals surface area contributed by atoms with Crippen molar-refractivity contribution in [1.29, 1.82) is 0 Å². The van der Waals surface area contributed by atoms with Crippen LogP contribution >= 0.6 is 0 Å². The third-order valence-electron chi connectivity index (χ3n) is 7.28. The number of fused-ring (bicyclic) bond motifs is 5. The van der Waals surface area contributed by atoms with Crippen molar-refractivity contribution in [1.82, 2.24) is 5.32 Å². The Balaban J connectivity index is 0.000000725. The molecule has 0 aliphatic carbocycles. The Kier molecular flexibility index (Phi) is 13.9. The highest BCUT2D eigenvalue weighted by atomic mass is 15.5. The van der Waals surface area contributed by atoms with Crippen molar-refractivity contribution in [3.8, 4) is 0 Å². The van der Waals surface area contributed by atoms with Gasteiger partial charge in [-0.05, 0) is 25.3 Å². The molecule has 4 rings (SSSR count). The lowest BCUT2D eigenvalue weighted by molar-refractivity contribution is -0.858. The number of hydrogen-bond donors (Lipinski definition) is 1. The van der Waals surface area contributed by atoms with Crippen LogP contribution in [0, 0.1) is 6.92 Å². The molecule has 4 heteroatoms. The molecule has 0 amide bonds. The van der Waals surface area contributed by atoms with Crippen LogP contribution in [-0.4, -0.2) is 35.7 Å². The maximum absolute atomic E-state index is 4.59. The molecule has 2 aliphatic rings. The van der Waals surface area contributed by atoms with Crippen molar-refractivity contribution < 1.29 is 4.48 Å². The van der Waals surface area contributed by atoms with Gasteiger partial charge in [-0.15, -0.1) is 5.10 Å². The van der Waals surface area contributed by atoms with Crippen molar-refractivity contribution in [2.24, 2.45) is 10.2 Å². The molecule has 0 saturated heterocycles. The summed E-state index contributed by atoms with van der Waals surface area (Å²) in [4.78, 5) is 0. The van der Waals surface area contributed by atoms with E-state index in [1.165, 1.54) is 35.1 Å². The maximum Gasteiger partial charge on any atom is 0.220 e. The van der Waals surface area contributed by atoms with Gasteiger partial charge >= 0.3 is 0 Å². The number of nitrogens with one attached hydrogen (secondary N) is 1. The maximum atomic E-state index is 4.59. The van der Waals surface area contributed by atoms with Crippen LogP contribution in [0.4, 0.5) is 0 Å². The first kappa shape index (κ1) is 31.7. The van der Waals surface area contributed by atoms with Gasteiger partial charge in [-0.1, -0.05) is 121 Å². The van der Waals surface area contributed by atoms with E-state index in [1.54, 1.807) is 0 Å². The Bertz CT molecular complexity index is 958. The Morgan fingerprint density at radius 3 is 2.06 bits per heavy atom. The molecule has 2 aliphatic heterocycles. The normalized spacial score (nSPS) is 21.2. The third kappa shape index (κ3) is 7.60. The minimum absolute atomic E-state index is 0.163. The number of benzene rings is 2. The first-order valence-corrected chi connectivity index (χ1v) is 14.2. The van der Waals surface area contributed by atoms with Crippen LogP contribution in [0.3, 0.4) is 0 Å². The average molecular weight is 494 g/mol. The molecule has 0 spiro atoms. The topological polar surface area (TPSA) is 36.8 Å². The van der Waals surface area contributed by atoms with E-state index in [2.05, 4.69) is 113 Å². The average Bonchev–Trinajstić information content (AvgIpc) is 3.15. The second-order valence-corrected chi connectivity index (χ2v) is 9.58. The molecule has 2 aromatic rings. The highest BCUT2D eigenvalue weighted by Crippen LogP contribution is 2.36. The van der Waals surface area contributed by atoms with E-state index < -0.39 is 0 Å². The quantitative estimate of drug-likeness (QED) is 0.416. The fraction of sp³-hybridized carbons (Fsp3) is 0.562. The van der Waals surface area contributed by atoms with E-state index >= 15 is 0 Å². The molecule has 4 atom stereocenters. The fourth-order valence-electron chi connectivity index (χ4n) is 4.40. The zero-order valence-electron chi connectivity index (χ0n) is 25.0. The first-order valence-electron chi connectivity index (χ1n) is 14.2. The summed E-state index contributed by atoms with van der Waals surface area (Å²) in [5, 5.41) is 13.2. The molecule has 2 heterocycles. The van der Waals surface area contributed by atoms with Crippen LogP contribution in [0.15, 0.2) is 58.7 Å². The van der Waals surface area contributed by atoms with Crippen LogP contribution in [0.5, 0.6) is 0 Å². The molecule has 1 N–H and O–H groups in total. The van der Waals surface area contributed by atoms with E-state index in [9.17, 15) is 0 Å². The van der Waals surface area contributed by atoms with Gasteiger partial charge in [0.2, 0.25) is 5.84 Å². The van der Waals surface area contributed by atoms with E-state index in [-0.39, 0.29) is 6.17 Å². The minimum Gasteiger partial charge on any atom is -0.261 e. The zero-order chi connectivity index (χ0) is 27.3. The second kappa shape index (κ2) is 15.7. The summed E-state index contributed by atoms with van der Waals surface area (Å²) in [6.07, 6.45) is 3.75. The van der Waals surface area contributed by atoms with Gasteiger partial charge in [0.15, 0.2) is 6.17 Å². The smallest absolute Gasteiger partial charge is 0.220 e. The Hall–Kier alpha value is -2.30. The molecular weight excluding hydrogens is 440 g/mol. The van der Waals surface area contributed by atoms with Gasteiger partial charge in [0.05, 0.1) is 19.3 Å². The largest absolute Gasteiger partial charge is 0.261 e. The molecule has 0 radical (unpaired) electrons. The summed E-state index contributed by atoms with van der Waals surface area (Å²) in [6.45, 7) is 22.2. The van der Waals surface area contributed by atoms with Crippen LogP contribution in [0.25, 0.3) is 0 Å². The van der Waals surface area contributed by atoms with Gasteiger partial charge < -0.3 is 0 Å². The van der Waals surface area contributed by atoms with Crippen molar-refractivity contribution in [3.05, 3.63) is 70.8 Å². The number of nitrogens with zero attached hydrogens (tertiary/aromatic N) is 3. The van der Waals surface area contributed by atoms with E-state index in [0.717, 1.165) is 29.0 Å². The molecule has 2 bridgehead atoms. The molecule has 4 unspecified atom stereocenters. The highest BCUT2D eigenvalue weighted by Gasteiger charge is 2.44. The standard InChI is InChI=1S/C24H31N4.C4H10.2C2H6/c1-16-10-12-20(13-11-16)17(2)18(3)25-24-22-9-7-6-8-21(22)23-14-15-28(24,5)19(4)26-27-23;1-3-4-2;2*1-2/h6-13,17-18,24-25H,14-15H2,1-5H3;3-4H2,1-2H3;2*1-2H3/q+1;;;. The lowest BCUT2D eigenvalue weighted by Crippen LogP contribution is -2.57. The van der Waals surface area contributed by atoms with Gasteiger partial charge in [-0.25, -0.2) is 0 Å². The number of unbranched alkanes of at least 4 members (excludes halogenated alkanes) is 1. The van der Waals surface area contributed by atoms with E-state index in [4.69, 9.17) is 0 Å². The minimum atomic E-state index is 0.163. The molecule has 4 nitrogen and oxygen atoms in total. The SMILES string of the molecule is CC.CC.CC1=NN=C2CC[N+]1(C)C(NC(C)C(C)c1ccc(C)cc1)c1ccccc12.CCCC. The Morgan fingerprint density at radius 2 is 1.47 bits per heavy atom. The van der Waals surface area contributed by atoms with Gasteiger partial charge in [-0.2, -0.15) is 0 Å². The summed E-state index contributed by atoms with van der Waals surface area (Å²) < 4.78 is 0.759. The second-order valence-electron chi connectivity index (χ2n) is 9.58. The van der Waals surface area contributed by atoms with Gasteiger partial charge in [0.25, 0.3) is 0 Å². The predicted molar refractivity (Wildman–Crippen MR) is 160 cm³/mol. The van der Waals surface area contributed by atoms with Crippen LogP contribution in [-0.2, 0) is 0 Å². The highest BCUT2D eigenvalue weighted by molar-refractivity contribution is 6.03. The summed E-state index contributed by atoms with van der Waals surface area (Å²) >= 11 is 0. The molecular formula is C32H53N4+. The number of hydrogen-bond acceptors (Lipinski definition) is 3. The number of quaternary nitrogens is 1. The van der Waals surface area contributed by atoms with Crippen molar-refractivity contribution >= 4 is 11.5 Å². The lowest BCUT2D eigenvalue weighted by Gasteiger charge is -2.41. The first-order chi connectivity index (χ1) is 17.3.